The highest BCUT2D eigenvalue weighted by molar-refractivity contribution is 8.14. The molecule has 46 heavy (non-hydrogen) atoms. The number of aryl methyl sites for hydroxylation is 1. The van der Waals surface area contributed by atoms with Crippen molar-refractivity contribution in [1.82, 2.24) is 5.32 Å². The van der Waals surface area contributed by atoms with Crippen molar-refractivity contribution in [2.24, 2.45) is 4.99 Å². The molecule has 0 unspecified atom stereocenters. The molecule has 2 N–H and O–H groups in total. The number of amides is 1. The smallest absolute Gasteiger partial charge is 0.338 e. The minimum atomic E-state index is -0.556. The van der Waals surface area contributed by atoms with Gasteiger partial charge in [0.2, 0.25) is 11.7 Å². The second-order valence-corrected chi connectivity index (χ2v) is 11.2. The number of carbonyl (C=O) groups excluding carboxylic acids is 3. The first-order valence-electron chi connectivity index (χ1n) is 14.5. The van der Waals surface area contributed by atoms with Gasteiger partial charge in [-0.15, -0.1) is 0 Å². The summed E-state index contributed by atoms with van der Waals surface area (Å²) in [6, 6.07) is 17.4. The number of aliphatic imine (C=N–C) groups is 1. The van der Waals surface area contributed by atoms with E-state index in [9.17, 15) is 14.4 Å². The zero-order chi connectivity index (χ0) is 33.2. The van der Waals surface area contributed by atoms with Crippen LogP contribution in [0.4, 0.5) is 5.69 Å². The Morgan fingerprint density at radius 3 is 2.17 bits per heavy atom. The van der Waals surface area contributed by atoms with Gasteiger partial charge in [-0.2, -0.15) is 0 Å². The molecule has 1 heterocycles. The van der Waals surface area contributed by atoms with Crippen molar-refractivity contribution in [3.63, 3.8) is 0 Å². The van der Waals surface area contributed by atoms with Crippen LogP contribution < -0.4 is 24.8 Å². The first-order chi connectivity index (χ1) is 22.2. The number of allylic oxidation sites excluding steroid dienone is 2. The molecular weight excluding hydrogens is 606 g/mol. The topological polar surface area (TPSA) is 125 Å². The van der Waals surface area contributed by atoms with E-state index in [1.807, 2.05) is 31.2 Å². The van der Waals surface area contributed by atoms with Gasteiger partial charge in [0, 0.05) is 16.9 Å². The summed E-state index contributed by atoms with van der Waals surface area (Å²) >= 11 is 1.23. The summed E-state index contributed by atoms with van der Waals surface area (Å²) in [5.41, 5.74) is 4.72. The van der Waals surface area contributed by atoms with Gasteiger partial charge in [-0.05, 0) is 74.4 Å². The molecule has 11 heteroatoms. The Kier molecular flexibility index (Phi) is 11.6. The maximum absolute atomic E-state index is 12.8. The summed E-state index contributed by atoms with van der Waals surface area (Å²) in [7, 11) is 4.58. The summed E-state index contributed by atoms with van der Waals surface area (Å²) in [5, 5.41) is 6.51. The second-order valence-electron chi connectivity index (χ2n) is 10.2. The van der Waals surface area contributed by atoms with E-state index in [0.717, 1.165) is 11.1 Å². The van der Waals surface area contributed by atoms with E-state index in [1.54, 1.807) is 56.3 Å². The van der Waals surface area contributed by atoms with Crippen molar-refractivity contribution in [3.05, 3.63) is 100 Å². The van der Waals surface area contributed by atoms with Crippen LogP contribution in [-0.2, 0) is 14.3 Å². The number of methoxy groups -OCH3 is 3. The lowest BCUT2D eigenvalue weighted by Gasteiger charge is -2.25. The molecule has 0 bridgehead atoms. The fourth-order valence-electron chi connectivity index (χ4n) is 4.70. The van der Waals surface area contributed by atoms with Crippen molar-refractivity contribution >= 4 is 46.4 Å². The highest BCUT2D eigenvalue weighted by Gasteiger charge is 2.30. The number of esters is 1. The quantitative estimate of drug-likeness (QED) is 0.136. The van der Waals surface area contributed by atoms with E-state index >= 15 is 0 Å². The lowest BCUT2D eigenvalue weighted by Crippen LogP contribution is -2.31. The van der Waals surface area contributed by atoms with Crippen LogP contribution in [0.25, 0.3) is 6.08 Å². The Bertz CT molecular complexity index is 1650. The third kappa shape index (κ3) is 8.36. The van der Waals surface area contributed by atoms with E-state index in [0.29, 0.717) is 50.5 Å². The summed E-state index contributed by atoms with van der Waals surface area (Å²) < 4.78 is 21.4. The molecule has 3 aromatic rings. The Labute approximate surface area is 272 Å². The fourth-order valence-corrected chi connectivity index (χ4v) is 5.44. The summed E-state index contributed by atoms with van der Waals surface area (Å²) in [4.78, 5) is 43.2. The zero-order valence-corrected chi connectivity index (χ0v) is 27.4. The Morgan fingerprint density at radius 1 is 0.935 bits per heavy atom. The van der Waals surface area contributed by atoms with Crippen LogP contribution in [0.1, 0.15) is 46.9 Å². The van der Waals surface area contributed by atoms with Gasteiger partial charge in [0.1, 0.15) is 6.04 Å². The lowest BCUT2D eigenvalue weighted by atomic mass is 9.96. The molecular formula is C35H37N3O7S. The number of amidine groups is 1. The van der Waals surface area contributed by atoms with Gasteiger partial charge in [-0.1, -0.05) is 47.7 Å². The Hall–Kier alpha value is -5.03. The average molecular weight is 644 g/mol. The molecule has 1 aliphatic heterocycles. The van der Waals surface area contributed by atoms with Crippen molar-refractivity contribution in [1.29, 1.82) is 0 Å². The fraction of sp³-hybridized carbons (Fsp3) is 0.257. The number of carbonyl (C=O) groups is 3. The van der Waals surface area contributed by atoms with Crippen LogP contribution in [0.2, 0.25) is 0 Å². The predicted octanol–water partition coefficient (Wildman–Crippen LogP) is 6.13. The minimum absolute atomic E-state index is 0.0761. The van der Waals surface area contributed by atoms with Crippen molar-refractivity contribution in [2.45, 2.75) is 26.8 Å². The standard InChI is InChI=1S/C35H37N3O7S/c1-7-45-34(41)31-22(3)36-35(38-32(31)25-11-8-21(2)9-12-25)46-20-30(40)37-26-15-13-24(14-16-26)27(39)17-10-23-18-28(42-4)33(44-6)29(19-23)43-5/h8-19,32H,7,20H2,1-6H3,(H,36,38)(H,37,40)/b17-10+/t32-/m0/s1. The van der Waals surface area contributed by atoms with Crippen molar-refractivity contribution in [3.8, 4) is 17.2 Å². The van der Waals surface area contributed by atoms with Crippen LogP contribution in [0.5, 0.6) is 17.2 Å². The van der Waals surface area contributed by atoms with Crippen LogP contribution in [0, 0.1) is 6.92 Å². The first-order valence-corrected chi connectivity index (χ1v) is 15.5. The maximum atomic E-state index is 12.8. The third-order valence-electron chi connectivity index (χ3n) is 7.01. The number of ketones is 1. The molecule has 0 aromatic heterocycles. The Morgan fingerprint density at radius 2 is 1.59 bits per heavy atom. The second kappa shape index (κ2) is 15.8. The summed E-state index contributed by atoms with van der Waals surface area (Å²) in [6.07, 6.45) is 3.12. The lowest BCUT2D eigenvalue weighted by molar-refractivity contribution is -0.139. The average Bonchev–Trinajstić information content (AvgIpc) is 3.06. The molecule has 1 amide bonds. The monoisotopic (exact) mass is 643 g/mol. The number of ether oxygens (including phenoxy) is 4. The van der Waals surface area contributed by atoms with Gasteiger partial charge in [0.05, 0.1) is 39.3 Å². The molecule has 0 radical (unpaired) electrons. The highest BCUT2D eigenvalue weighted by atomic mass is 32.2. The van der Waals surface area contributed by atoms with Gasteiger partial charge < -0.3 is 29.6 Å². The number of nitrogens with zero attached hydrogens (tertiary/aromatic N) is 1. The van der Waals surface area contributed by atoms with E-state index < -0.39 is 12.0 Å². The molecule has 3 aromatic carbocycles. The normalized spacial score (nSPS) is 14.3. The first kappa shape index (κ1) is 33.9. The van der Waals surface area contributed by atoms with Gasteiger partial charge in [0.25, 0.3) is 0 Å². The van der Waals surface area contributed by atoms with Gasteiger partial charge >= 0.3 is 5.97 Å². The largest absolute Gasteiger partial charge is 0.493 e. The molecule has 10 nitrogen and oxygen atoms in total. The molecule has 4 rings (SSSR count). The number of hydrogen-bond donors (Lipinski definition) is 2. The molecule has 240 valence electrons. The SMILES string of the molecule is CCOC(=O)C1=C(C)NC(SCC(=O)Nc2ccc(C(=O)/C=C/c3cc(OC)c(OC)c(OC)c3)cc2)=N[C@H]1c1ccc(C)cc1. The molecule has 0 aliphatic carbocycles. The van der Waals surface area contributed by atoms with Crippen LogP contribution in [0.15, 0.2) is 83.0 Å². The van der Waals surface area contributed by atoms with E-state index in [2.05, 4.69) is 10.6 Å². The maximum Gasteiger partial charge on any atom is 0.338 e. The van der Waals surface area contributed by atoms with Crippen LogP contribution >= 0.6 is 11.8 Å². The van der Waals surface area contributed by atoms with Gasteiger partial charge in [0.15, 0.2) is 22.4 Å². The molecule has 0 saturated heterocycles. The third-order valence-corrected chi connectivity index (χ3v) is 7.90. The predicted molar refractivity (Wildman–Crippen MR) is 181 cm³/mol. The summed E-state index contributed by atoms with van der Waals surface area (Å²) in [6.45, 7) is 5.80. The number of benzene rings is 3. The number of rotatable bonds is 12. The molecule has 0 fully saturated rings. The van der Waals surface area contributed by atoms with Gasteiger partial charge in [-0.25, -0.2) is 9.79 Å². The highest BCUT2D eigenvalue weighted by Crippen LogP contribution is 2.38. The number of hydrogen-bond acceptors (Lipinski definition) is 10. The molecule has 0 saturated carbocycles. The Balaban J connectivity index is 1.38. The summed E-state index contributed by atoms with van der Waals surface area (Å²) in [5.74, 6) is 0.622. The van der Waals surface area contributed by atoms with Crippen LogP contribution in [0.3, 0.4) is 0 Å². The van der Waals surface area contributed by atoms with Crippen molar-refractivity contribution < 1.29 is 33.3 Å². The number of nitrogens with one attached hydrogen (secondary N) is 2. The molecule has 1 atom stereocenters. The van der Waals surface area contributed by atoms with E-state index in [4.69, 9.17) is 23.9 Å². The van der Waals surface area contributed by atoms with E-state index in [1.165, 1.54) is 39.2 Å². The van der Waals surface area contributed by atoms with E-state index in [-0.39, 0.29) is 24.1 Å². The van der Waals surface area contributed by atoms with Crippen LogP contribution in [-0.4, -0.2) is 56.5 Å². The molecule has 0 spiro atoms. The minimum Gasteiger partial charge on any atom is -0.493 e. The van der Waals surface area contributed by atoms with Gasteiger partial charge in [-0.3, -0.25) is 9.59 Å². The molecule has 1 aliphatic rings. The van der Waals surface area contributed by atoms with Crippen molar-refractivity contribution in [2.75, 3.05) is 39.0 Å². The number of thioether (sulfide) groups is 1. The number of anilines is 1. The zero-order valence-electron chi connectivity index (χ0n) is 26.6.